The molecule has 0 spiro atoms. The van der Waals surface area contributed by atoms with Crippen LogP contribution >= 0.6 is 34.3 Å². The van der Waals surface area contributed by atoms with Crippen LogP contribution in [0.2, 0.25) is 4.34 Å². The molecule has 0 unspecified atom stereocenters. The zero-order chi connectivity index (χ0) is 18.8. The van der Waals surface area contributed by atoms with Gasteiger partial charge >= 0.3 is 0 Å². The first kappa shape index (κ1) is 18.4. The number of nitrogens with one attached hydrogen (secondary N) is 1. The van der Waals surface area contributed by atoms with Crippen LogP contribution in [0, 0.1) is 6.92 Å². The quantitative estimate of drug-likeness (QED) is 0.671. The highest BCUT2D eigenvalue weighted by atomic mass is 35.5. The minimum Gasteiger partial charge on any atom is -0.356 e. The number of pyridine rings is 1. The van der Waals surface area contributed by atoms with Crippen LogP contribution in [0.15, 0.2) is 36.5 Å². The highest BCUT2D eigenvalue weighted by Gasteiger charge is 2.24. The molecule has 8 heteroatoms. The number of thiophene rings is 1. The molecule has 1 amide bonds. The topological polar surface area (TPSA) is 58.1 Å². The number of aromatic nitrogens is 2. The summed E-state index contributed by atoms with van der Waals surface area (Å²) in [6.45, 7) is 3.67. The summed E-state index contributed by atoms with van der Waals surface area (Å²) in [6, 6.07) is 9.93. The van der Waals surface area contributed by atoms with Crippen molar-refractivity contribution in [3.8, 4) is 9.88 Å². The van der Waals surface area contributed by atoms with Crippen molar-refractivity contribution in [2.45, 2.75) is 25.8 Å². The van der Waals surface area contributed by atoms with E-state index in [2.05, 4.69) is 20.2 Å². The summed E-state index contributed by atoms with van der Waals surface area (Å²) in [5.74, 6) is 0.968. The van der Waals surface area contributed by atoms with Gasteiger partial charge in [0.15, 0.2) is 0 Å². The molecule has 1 N–H and O–H groups in total. The molecule has 0 saturated carbocycles. The largest absolute Gasteiger partial charge is 0.356 e. The van der Waals surface area contributed by atoms with Gasteiger partial charge in [-0.05, 0) is 44.0 Å². The number of nitrogens with zero attached hydrogens (tertiary/aromatic N) is 3. The lowest BCUT2D eigenvalue weighted by molar-refractivity contribution is 0.0934. The van der Waals surface area contributed by atoms with Crippen LogP contribution in [-0.4, -0.2) is 35.0 Å². The van der Waals surface area contributed by atoms with E-state index in [4.69, 9.17) is 11.6 Å². The Balaban J connectivity index is 1.38. The van der Waals surface area contributed by atoms with Crippen LogP contribution in [0.3, 0.4) is 0 Å². The number of carbonyl (C=O) groups excluding carboxylic acids is 1. The summed E-state index contributed by atoms with van der Waals surface area (Å²) in [7, 11) is 0. The van der Waals surface area contributed by atoms with Crippen molar-refractivity contribution in [2.75, 3.05) is 18.0 Å². The Kier molecular flexibility index (Phi) is 5.43. The Morgan fingerprint density at radius 3 is 2.70 bits per heavy atom. The SMILES string of the molecule is Cc1nc(-c2ccc(Cl)s2)sc1C(=O)NC1CCN(c2ccccn2)CC1. The van der Waals surface area contributed by atoms with E-state index < -0.39 is 0 Å². The number of rotatable bonds is 4. The molecule has 3 aromatic heterocycles. The Morgan fingerprint density at radius 2 is 2.04 bits per heavy atom. The van der Waals surface area contributed by atoms with Crippen molar-refractivity contribution in [3.05, 3.63) is 51.4 Å². The van der Waals surface area contributed by atoms with E-state index in [9.17, 15) is 4.79 Å². The van der Waals surface area contributed by atoms with Crippen molar-refractivity contribution >= 4 is 46.0 Å². The van der Waals surface area contributed by atoms with Crippen molar-refractivity contribution in [2.24, 2.45) is 0 Å². The molecule has 1 saturated heterocycles. The van der Waals surface area contributed by atoms with Crippen LogP contribution in [0.1, 0.15) is 28.2 Å². The molecule has 0 aromatic carbocycles. The summed E-state index contributed by atoms with van der Waals surface area (Å²) in [6.07, 6.45) is 3.63. The van der Waals surface area contributed by atoms with E-state index in [1.165, 1.54) is 22.7 Å². The third-order valence-electron chi connectivity index (χ3n) is 4.59. The highest BCUT2D eigenvalue weighted by Crippen LogP contribution is 2.35. The number of thiazole rings is 1. The molecule has 0 bridgehead atoms. The zero-order valence-electron chi connectivity index (χ0n) is 14.8. The summed E-state index contributed by atoms with van der Waals surface area (Å²) >= 11 is 8.92. The van der Waals surface area contributed by atoms with Crippen molar-refractivity contribution in [1.82, 2.24) is 15.3 Å². The number of halogens is 1. The molecule has 4 heterocycles. The fourth-order valence-electron chi connectivity index (χ4n) is 3.19. The van der Waals surface area contributed by atoms with E-state index in [1.54, 1.807) is 0 Å². The second-order valence-electron chi connectivity index (χ2n) is 6.46. The van der Waals surface area contributed by atoms with Gasteiger partial charge in [-0.3, -0.25) is 4.79 Å². The van der Waals surface area contributed by atoms with Crippen molar-refractivity contribution < 1.29 is 4.79 Å². The minimum atomic E-state index is -0.0322. The van der Waals surface area contributed by atoms with Gasteiger partial charge in [-0.15, -0.1) is 22.7 Å². The molecule has 140 valence electrons. The number of piperidine rings is 1. The third-order valence-corrected chi connectivity index (χ3v) is 7.15. The molecule has 3 aromatic rings. The number of anilines is 1. The Bertz CT molecular complexity index is 932. The van der Waals surface area contributed by atoms with E-state index in [0.29, 0.717) is 4.88 Å². The molecule has 0 aliphatic carbocycles. The van der Waals surface area contributed by atoms with Gasteiger partial charge in [0.2, 0.25) is 0 Å². The highest BCUT2D eigenvalue weighted by molar-refractivity contribution is 7.24. The molecule has 0 radical (unpaired) electrons. The molecule has 27 heavy (non-hydrogen) atoms. The number of hydrogen-bond acceptors (Lipinski definition) is 6. The van der Waals surface area contributed by atoms with Gasteiger partial charge < -0.3 is 10.2 Å². The lowest BCUT2D eigenvalue weighted by atomic mass is 10.0. The number of aryl methyl sites for hydroxylation is 1. The van der Waals surface area contributed by atoms with E-state index >= 15 is 0 Å². The predicted molar refractivity (Wildman–Crippen MR) is 112 cm³/mol. The summed E-state index contributed by atoms with van der Waals surface area (Å²) in [4.78, 5) is 25.6. The van der Waals surface area contributed by atoms with Gasteiger partial charge in [0, 0.05) is 25.3 Å². The van der Waals surface area contributed by atoms with Crippen LogP contribution in [0.5, 0.6) is 0 Å². The Labute approximate surface area is 171 Å². The fourth-order valence-corrected chi connectivity index (χ4v) is 5.25. The summed E-state index contributed by atoms with van der Waals surface area (Å²) in [5, 5.41) is 4.03. The third kappa shape index (κ3) is 4.15. The maximum Gasteiger partial charge on any atom is 0.263 e. The number of hydrogen-bond donors (Lipinski definition) is 1. The van der Waals surface area contributed by atoms with E-state index in [0.717, 1.165) is 51.7 Å². The van der Waals surface area contributed by atoms with Crippen LogP contribution in [-0.2, 0) is 0 Å². The average Bonchev–Trinajstić information content (AvgIpc) is 3.29. The van der Waals surface area contributed by atoms with Gasteiger partial charge in [-0.25, -0.2) is 9.97 Å². The molecule has 1 aliphatic heterocycles. The molecule has 0 atom stereocenters. The molecule has 1 aliphatic rings. The Hall–Kier alpha value is -1.96. The van der Waals surface area contributed by atoms with Gasteiger partial charge in [0.1, 0.15) is 15.7 Å². The fraction of sp³-hybridized carbons (Fsp3) is 0.316. The summed E-state index contributed by atoms with van der Waals surface area (Å²) < 4.78 is 0.725. The average molecular weight is 419 g/mol. The second-order valence-corrected chi connectivity index (χ2v) is 9.17. The van der Waals surface area contributed by atoms with Crippen molar-refractivity contribution in [1.29, 1.82) is 0 Å². The molecule has 4 rings (SSSR count). The second kappa shape index (κ2) is 7.96. The smallest absolute Gasteiger partial charge is 0.263 e. The van der Waals surface area contributed by atoms with Crippen LogP contribution in [0.4, 0.5) is 5.82 Å². The molecular weight excluding hydrogens is 400 g/mol. The lowest BCUT2D eigenvalue weighted by Gasteiger charge is -2.33. The van der Waals surface area contributed by atoms with E-state index in [-0.39, 0.29) is 11.9 Å². The van der Waals surface area contributed by atoms with Gasteiger partial charge in [-0.1, -0.05) is 17.7 Å². The van der Waals surface area contributed by atoms with Gasteiger partial charge in [-0.2, -0.15) is 0 Å². The van der Waals surface area contributed by atoms with Crippen LogP contribution < -0.4 is 10.2 Å². The predicted octanol–water partition coefficient (Wildman–Crippen LogP) is 4.63. The van der Waals surface area contributed by atoms with E-state index in [1.807, 2.05) is 43.5 Å². The maximum absolute atomic E-state index is 12.7. The number of carbonyl (C=O) groups is 1. The Morgan fingerprint density at radius 1 is 1.22 bits per heavy atom. The first-order valence-corrected chi connectivity index (χ1v) is 10.8. The van der Waals surface area contributed by atoms with Gasteiger partial charge in [0.25, 0.3) is 5.91 Å². The van der Waals surface area contributed by atoms with Crippen LogP contribution in [0.25, 0.3) is 9.88 Å². The molecule has 5 nitrogen and oxygen atoms in total. The molecule has 1 fully saturated rings. The first-order chi connectivity index (χ1) is 13.1. The lowest BCUT2D eigenvalue weighted by Crippen LogP contribution is -2.44. The normalized spacial score (nSPS) is 15.1. The van der Waals surface area contributed by atoms with Crippen molar-refractivity contribution in [3.63, 3.8) is 0 Å². The number of amides is 1. The standard InChI is InChI=1S/C19H19ClN4OS2/c1-12-17(27-19(22-12)14-5-6-15(20)26-14)18(25)23-13-7-10-24(11-8-13)16-4-2-3-9-21-16/h2-6,9,13H,7-8,10-11H2,1H3,(H,23,25). The maximum atomic E-state index is 12.7. The summed E-state index contributed by atoms with van der Waals surface area (Å²) in [5.41, 5.74) is 0.767. The monoisotopic (exact) mass is 418 g/mol. The first-order valence-electron chi connectivity index (χ1n) is 8.80. The van der Waals surface area contributed by atoms with Gasteiger partial charge in [0.05, 0.1) is 14.9 Å². The zero-order valence-corrected chi connectivity index (χ0v) is 17.2. The molecular formula is C19H19ClN4OS2. The minimum absolute atomic E-state index is 0.0322.